The van der Waals surface area contributed by atoms with Crippen molar-refractivity contribution in [1.82, 2.24) is 5.32 Å². The third-order valence-corrected chi connectivity index (χ3v) is 5.55. The fraction of sp³-hybridized carbons (Fsp3) is 0.647. The molecule has 2 nitrogen and oxygen atoms in total. The van der Waals surface area contributed by atoms with Gasteiger partial charge in [-0.25, -0.2) is 0 Å². The average Bonchev–Trinajstić information content (AvgIpc) is 2.89. The molecule has 0 spiro atoms. The highest BCUT2D eigenvalue weighted by atomic mass is 79.9. The van der Waals surface area contributed by atoms with Crippen molar-refractivity contribution in [2.75, 3.05) is 18.0 Å². The number of nitrogens with one attached hydrogen (secondary N) is 1. The molecular formula is C17H25BrN2. The van der Waals surface area contributed by atoms with Gasteiger partial charge in [0.25, 0.3) is 0 Å². The molecule has 0 bridgehead atoms. The van der Waals surface area contributed by atoms with Crippen LogP contribution in [0, 0.1) is 5.92 Å². The fourth-order valence-electron chi connectivity index (χ4n) is 3.87. The van der Waals surface area contributed by atoms with E-state index in [-0.39, 0.29) is 0 Å². The minimum Gasteiger partial charge on any atom is -0.367 e. The van der Waals surface area contributed by atoms with Crippen LogP contribution >= 0.6 is 15.9 Å². The maximum absolute atomic E-state index is 3.80. The Morgan fingerprint density at radius 1 is 1.25 bits per heavy atom. The van der Waals surface area contributed by atoms with Crippen LogP contribution in [0.15, 0.2) is 22.7 Å². The molecular weight excluding hydrogens is 312 g/mol. The van der Waals surface area contributed by atoms with Crippen LogP contribution < -0.4 is 10.2 Å². The maximum Gasteiger partial charge on any atom is 0.0513 e. The highest BCUT2D eigenvalue weighted by Crippen LogP contribution is 2.41. The summed E-state index contributed by atoms with van der Waals surface area (Å²) in [7, 11) is 0. The lowest BCUT2D eigenvalue weighted by atomic mass is 9.85. The van der Waals surface area contributed by atoms with Crippen LogP contribution in [0.4, 0.5) is 5.69 Å². The molecule has 0 aromatic heterocycles. The molecule has 0 radical (unpaired) electrons. The van der Waals surface area contributed by atoms with Gasteiger partial charge in [-0.1, -0.05) is 25.8 Å². The van der Waals surface area contributed by atoms with Crippen molar-refractivity contribution >= 4 is 21.6 Å². The number of nitrogens with zero attached hydrogens (tertiary/aromatic N) is 1. The molecule has 1 saturated carbocycles. The Morgan fingerprint density at radius 2 is 2.10 bits per heavy atom. The molecule has 2 atom stereocenters. The Labute approximate surface area is 131 Å². The smallest absolute Gasteiger partial charge is 0.0513 e. The van der Waals surface area contributed by atoms with Gasteiger partial charge in [-0.05, 0) is 65.4 Å². The first-order chi connectivity index (χ1) is 9.79. The number of halogens is 1. The lowest BCUT2D eigenvalue weighted by molar-refractivity contribution is 0.342. The monoisotopic (exact) mass is 336 g/mol. The molecule has 1 N–H and O–H groups in total. The quantitative estimate of drug-likeness (QED) is 0.880. The molecule has 1 aromatic carbocycles. The van der Waals surface area contributed by atoms with E-state index in [2.05, 4.69) is 51.3 Å². The molecule has 1 aliphatic heterocycles. The van der Waals surface area contributed by atoms with Crippen LogP contribution in [-0.2, 0) is 6.54 Å². The standard InChI is InChI=1S/C17H25BrN2/c1-2-19-12-13-7-8-17(15(18)11-13)20-10-9-14-5-3-4-6-16(14)20/h7-8,11,14,16,19H,2-6,9-10,12H2,1H3. The van der Waals surface area contributed by atoms with Crippen molar-refractivity contribution < 1.29 is 0 Å². The van der Waals surface area contributed by atoms with E-state index in [1.54, 1.807) is 0 Å². The van der Waals surface area contributed by atoms with Gasteiger partial charge >= 0.3 is 0 Å². The lowest BCUT2D eigenvalue weighted by Crippen LogP contribution is -2.34. The third-order valence-electron chi connectivity index (χ3n) is 4.91. The van der Waals surface area contributed by atoms with E-state index >= 15 is 0 Å². The summed E-state index contributed by atoms with van der Waals surface area (Å²) in [5, 5.41) is 3.39. The molecule has 1 heterocycles. The summed E-state index contributed by atoms with van der Waals surface area (Å²) in [5.41, 5.74) is 2.77. The Morgan fingerprint density at radius 3 is 2.90 bits per heavy atom. The highest BCUT2D eigenvalue weighted by Gasteiger charge is 2.36. The minimum absolute atomic E-state index is 0.791. The molecule has 3 rings (SSSR count). The normalized spacial score (nSPS) is 25.8. The van der Waals surface area contributed by atoms with E-state index in [1.807, 2.05) is 0 Å². The Balaban J connectivity index is 1.76. The van der Waals surface area contributed by atoms with E-state index in [1.165, 1.54) is 54.4 Å². The van der Waals surface area contributed by atoms with Crippen molar-refractivity contribution in [3.63, 3.8) is 0 Å². The van der Waals surface area contributed by atoms with Crippen molar-refractivity contribution in [2.24, 2.45) is 5.92 Å². The average molecular weight is 337 g/mol. The number of hydrogen-bond donors (Lipinski definition) is 1. The van der Waals surface area contributed by atoms with Crippen LogP contribution in [-0.4, -0.2) is 19.1 Å². The summed E-state index contributed by atoms with van der Waals surface area (Å²) in [6.45, 7) is 5.37. The minimum atomic E-state index is 0.791. The zero-order chi connectivity index (χ0) is 13.9. The van der Waals surface area contributed by atoms with Crippen LogP contribution in [0.25, 0.3) is 0 Å². The fourth-order valence-corrected chi connectivity index (χ4v) is 4.52. The van der Waals surface area contributed by atoms with Crippen molar-refractivity contribution in [2.45, 2.75) is 51.6 Å². The summed E-state index contributed by atoms with van der Waals surface area (Å²) >= 11 is 3.80. The molecule has 0 amide bonds. The maximum atomic E-state index is 3.80. The third kappa shape index (κ3) is 2.89. The predicted octanol–water partition coefficient (Wildman–Crippen LogP) is 4.33. The Bertz CT molecular complexity index is 460. The lowest BCUT2D eigenvalue weighted by Gasteiger charge is -2.33. The number of anilines is 1. The van der Waals surface area contributed by atoms with E-state index in [4.69, 9.17) is 0 Å². The number of benzene rings is 1. The van der Waals surface area contributed by atoms with Gasteiger partial charge in [0.1, 0.15) is 0 Å². The molecule has 2 aliphatic rings. The van der Waals surface area contributed by atoms with Crippen molar-refractivity contribution in [3.8, 4) is 0 Å². The van der Waals surface area contributed by atoms with E-state index in [9.17, 15) is 0 Å². The van der Waals surface area contributed by atoms with E-state index in [0.29, 0.717) is 0 Å². The van der Waals surface area contributed by atoms with Gasteiger partial charge in [-0.3, -0.25) is 0 Å². The summed E-state index contributed by atoms with van der Waals surface area (Å²) < 4.78 is 1.26. The molecule has 2 unspecified atom stereocenters. The zero-order valence-corrected chi connectivity index (χ0v) is 14.0. The second kappa shape index (κ2) is 6.48. The van der Waals surface area contributed by atoms with Gasteiger partial charge in [-0.15, -0.1) is 0 Å². The Kier molecular flexibility index (Phi) is 4.67. The first kappa shape index (κ1) is 14.4. The van der Waals surface area contributed by atoms with Crippen LogP contribution in [0.1, 0.15) is 44.6 Å². The van der Waals surface area contributed by atoms with Gasteiger partial charge in [0.05, 0.1) is 5.69 Å². The summed E-state index contributed by atoms with van der Waals surface area (Å²) in [5.74, 6) is 0.942. The number of hydrogen-bond acceptors (Lipinski definition) is 2. The summed E-state index contributed by atoms with van der Waals surface area (Å²) in [4.78, 5) is 2.66. The molecule has 1 aromatic rings. The molecule has 1 saturated heterocycles. The van der Waals surface area contributed by atoms with E-state index in [0.717, 1.165) is 25.0 Å². The zero-order valence-electron chi connectivity index (χ0n) is 12.4. The molecule has 110 valence electrons. The Hall–Kier alpha value is -0.540. The molecule has 3 heteroatoms. The second-order valence-electron chi connectivity index (χ2n) is 6.16. The van der Waals surface area contributed by atoms with Crippen LogP contribution in [0.3, 0.4) is 0 Å². The van der Waals surface area contributed by atoms with Crippen LogP contribution in [0.2, 0.25) is 0 Å². The molecule has 1 aliphatic carbocycles. The van der Waals surface area contributed by atoms with Crippen LogP contribution in [0.5, 0.6) is 0 Å². The number of rotatable bonds is 4. The van der Waals surface area contributed by atoms with Gasteiger partial charge < -0.3 is 10.2 Å². The van der Waals surface area contributed by atoms with Gasteiger partial charge in [-0.2, -0.15) is 0 Å². The van der Waals surface area contributed by atoms with Gasteiger partial charge in [0.15, 0.2) is 0 Å². The number of fused-ring (bicyclic) bond motifs is 1. The predicted molar refractivity (Wildman–Crippen MR) is 89.2 cm³/mol. The second-order valence-corrected chi connectivity index (χ2v) is 7.01. The molecule has 20 heavy (non-hydrogen) atoms. The summed E-state index contributed by atoms with van der Waals surface area (Å²) in [6, 6.07) is 7.67. The highest BCUT2D eigenvalue weighted by molar-refractivity contribution is 9.10. The van der Waals surface area contributed by atoms with Crippen molar-refractivity contribution in [1.29, 1.82) is 0 Å². The van der Waals surface area contributed by atoms with E-state index < -0.39 is 0 Å². The first-order valence-corrected chi connectivity index (χ1v) is 8.84. The topological polar surface area (TPSA) is 15.3 Å². The summed E-state index contributed by atoms with van der Waals surface area (Å²) in [6.07, 6.45) is 7.06. The molecule has 2 fully saturated rings. The van der Waals surface area contributed by atoms with Gasteiger partial charge in [0, 0.05) is 23.6 Å². The SMILES string of the molecule is CCNCc1ccc(N2CCC3CCCCC32)c(Br)c1. The van der Waals surface area contributed by atoms with Crippen molar-refractivity contribution in [3.05, 3.63) is 28.2 Å². The largest absolute Gasteiger partial charge is 0.367 e. The first-order valence-electron chi connectivity index (χ1n) is 8.05. The van der Waals surface area contributed by atoms with Gasteiger partial charge in [0.2, 0.25) is 0 Å².